The van der Waals surface area contributed by atoms with Crippen LogP contribution in [0.1, 0.15) is 21.5 Å². The van der Waals surface area contributed by atoms with Gasteiger partial charge in [0, 0.05) is 11.6 Å². The van der Waals surface area contributed by atoms with Crippen LogP contribution in [0.15, 0.2) is 18.2 Å². The molecule has 0 saturated heterocycles. The Bertz CT molecular complexity index is 458. The van der Waals surface area contributed by atoms with Crippen molar-refractivity contribution in [3.05, 3.63) is 45.0 Å². The van der Waals surface area contributed by atoms with Gasteiger partial charge in [0.1, 0.15) is 0 Å². The van der Waals surface area contributed by atoms with E-state index in [-0.39, 0.29) is 23.4 Å². The van der Waals surface area contributed by atoms with Crippen LogP contribution in [0.3, 0.4) is 0 Å². The van der Waals surface area contributed by atoms with Crippen molar-refractivity contribution in [3.8, 4) is 0 Å². The molecule has 0 unspecified atom stereocenters. The number of aliphatic hydroxyl groups is 1. The highest BCUT2D eigenvalue weighted by atomic mass is 16.6. The second-order valence-electron chi connectivity index (χ2n) is 3.36. The molecule has 1 aromatic rings. The van der Waals surface area contributed by atoms with Crippen molar-refractivity contribution in [2.45, 2.75) is 6.92 Å². The minimum absolute atomic E-state index is 0.114. The molecule has 0 amide bonds. The highest BCUT2D eigenvalue weighted by Gasteiger charge is 2.19. The summed E-state index contributed by atoms with van der Waals surface area (Å²) in [5.74, 6) is -1.22. The van der Waals surface area contributed by atoms with Gasteiger partial charge in [-0.1, -0.05) is 12.2 Å². The average molecular weight is 237 g/mol. The van der Waals surface area contributed by atoms with Crippen LogP contribution in [0, 0.1) is 17.0 Å². The summed E-state index contributed by atoms with van der Waals surface area (Å²) in [6.07, 6.45) is 2.80. The summed E-state index contributed by atoms with van der Waals surface area (Å²) in [7, 11) is 0. The molecule has 0 aliphatic heterocycles. The number of carboxylic acids is 1. The van der Waals surface area contributed by atoms with Crippen molar-refractivity contribution in [3.63, 3.8) is 0 Å². The molecule has 6 heteroatoms. The topological polar surface area (TPSA) is 101 Å². The number of carbonyl (C=O) groups is 1. The lowest BCUT2D eigenvalue weighted by atomic mass is 10.0. The summed E-state index contributed by atoms with van der Waals surface area (Å²) in [4.78, 5) is 21.1. The van der Waals surface area contributed by atoms with Crippen LogP contribution in [0.2, 0.25) is 0 Å². The van der Waals surface area contributed by atoms with Crippen LogP contribution >= 0.6 is 0 Å². The van der Waals surface area contributed by atoms with E-state index in [9.17, 15) is 14.9 Å². The Balaban J connectivity index is 3.41. The number of rotatable bonds is 4. The van der Waals surface area contributed by atoms with Gasteiger partial charge in [-0.3, -0.25) is 10.1 Å². The van der Waals surface area contributed by atoms with Crippen LogP contribution in [0.4, 0.5) is 5.69 Å². The molecule has 1 rings (SSSR count). The van der Waals surface area contributed by atoms with Crippen LogP contribution in [-0.4, -0.2) is 27.7 Å². The predicted octanol–water partition coefficient (Wildman–Crippen LogP) is 1.61. The molecule has 2 N–H and O–H groups in total. The summed E-state index contributed by atoms with van der Waals surface area (Å²) in [5.41, 5.74) is 0.122. The first kappa shape index (κ1) is 12.9. The van der Waals surface area contributed by atoms with Crippen molar-refractivity contribution in [2.75, 3.05) is 6.61 Å². The number of aromatic carboxylic acids is 1. The Morgan fingerprint density at radius 3 is 2.65 bits per heavy atom. The zero-order valence-corrected chi connectivity index (χ0v) is 9.08. The highest BCUT2D eigenvalue weighted by molar-refractivity contribution is 5.91. The van der Waals surface area contributed by atoms with Gasteiger partial charge in [-0.25, -0.2) is 4.79 Å². The third-order valence-corrected chi connectivity index (χ3v) is 2.25. The van der Waals surface area contributed by atoms with Gasteiger partial charge in [-0.05, 0) is 18.6 Å². The molecule has 0 aromatic heterocycles. The van der Waals surface area contributed by atoms with Gasteiger partial charge in [0.25, 0.3) is 5.69 Å². The summed E-state index contributed by atoms with van der Waals surface area (Å²) >= 11 is 0. The smallest absolute Gasteiger partial charge is 0.336 e. The summed E-state index contributed by atoms with van der Waals surface area (Å²) in [6.45, 7) is 1.17. The quantitative estimate of drug-likeness (QED) is 0.612. The highest BCUT2D eigenvalue weighted by Crippen LogP contribution is 2.24. The molecule has 0 spiro atoms. The number of carboxylic acid groups (broad SMARTS) is 1. The molecule has 17 heavy (non-hydrogen) atoms. The molecule has 0 aliphatic carbocycles. The molecule has 1 aromatic carbocycles. The minimum Gasteiger partial charge on any atom is -0.478 e. The van der Waals surface area contributed by atoms with Gasteiger partial charge in [0.15, 0.2) is 0 Å². The van der Waals surface area contributed by atoms with Crippen molar-refractivity contribution < 1.29 is 19.9 Å². The number of aliphatic hydroxyl groups excluding tert-OH is 1. The van der Waals surface area contributed by atoms with E-state index in [1.807, 2.05) is 0 Å². The fourth-order valence-electron chi connectivity index (χ4n) is 1.42. The molecule has 0 saturated carbocycles. The minimum atomic E-state index is -1.22. The molecular formula is C11H11NO5. The van der Waals surface area contributed by atoms with Gasteiger partial charge in [-0.15, -0.1) is 0 Å². The normalized spacial score (nSPS) is 10.7. The monoisotopic (exact) mass is 237 g/mol. The lowest BCUT2D eigenvalue weighted by molar-refractivity contribution is -0.385. The SMILES string of the molecule is Cc1c(C(=O)O)cc(C=CCO)cc1[N+](=O)[O-]. The largest absolute Gasteiger partial charge is 0.478 e. The van der Waals surface area contributed by atoms with Crippen LogP contribution in [0.25, 0.3) is 6.08 Å². The van der Waals surface area contributed by atoms with Gasteiger partial charge in [0.2, 0.25) is 0 Å². The number of nitrogens with zero attached hydrogens (tertiary/aromatic N) is 1. The first-order valence-corrected chi connectivity index (χ1v) is 4.77. The zero-order valence-electron chi connectivity index (χ0n) is 9.08. The third-order valence-electron chi connectivity index (χ3n) is 2.25. The molecule has 6 nitrogen and oxygen atoms in total. The van der Waals surface area contributed by atoms with E-state index in [1.54, 1.807) is 0 Å². The van der Waals surface area contributed by atoms with E-state index in [4.69, 9.17) is 10.2 Å². The van der Waals surface area contributed by atoms with Crippen LogP contribution < -0.4 is 0 Å². The summed E-state index contributed by atoms with van der Waals surface area (Å²) in [6, 6.07) is 2.60. The fraction of sp³-hybridized carbons (Fsp3) is 0.182. The van der Waals surface area contributed by atoms with Crippen molar-refractivity contribution in [1.82, 2.24) is 0 Å². The van der Waals surface area contributed by atoms with E-state index in [2.05, 4.69) is 0 Å². The van der Waals surface area contributed by atoms with Gasteiger partial charge < -0.3 is 10.2 Å². The molecule has 0 bridgehead atoms. The molecule has 0 fully saturated rings. The second kappa shape index (κ2) is 5.22. The average Bonchev–Trinajstić information content (AvgIpc) is 2.26. The van der Waals surface area contributed by atoms with Gasteiger partial charge in [0.05, 0.1) is 17.1 Å². The maximum atomic E-state index is 10.9. The molecule has 90 valence electrons. The molecule has 0 radical (unpaired) electrons. The van der Waals surface area contributed by atoms with Gasteiger partial charge >= 0.3 is 5.97 Å². The first-order valence-electron chi connectivity index (χ1n) is 4.77. The van der Waals surface area contributed by atoms with Crippen molar-refractivity contribution in [2.24, 2.45) is 0 Å². The third kappa shape index (κ3) is 2.88. The van der Waals surface area contributed by atoms with E-state index in [0.717, 1.165) is 0 Å². The zero-order chi connectivity index (χ0) is 13.0. The maximum Gasteiger partial charge on any atom is 0.336 e. The Kier molecular flexibility index (Phi) is 3.95. The van der Waals surface area contributed by atoms with Crippen LogP contribution in [0.5, 0.6) is 0 Å². The molecule has 0 atom stereocenters. The maximum absolute atomic E-state index is 10.9. The van der Waals surface area contributed by atoms with Gasteiger partial charge in [-0.2, -0.15) is 0 Å². The van der Waals surface area contributed by atoms with E-state index in [0.29, 0.717) is 5.56 Å². The fourth-order valence-corrected chi connectivity index (χ4v) is 1.42. The lowest BCUT2D eigenvalue weighted by Gasteiger charge is -2.04. The first-order chi connectivity index (χ1) is 7.97. The number of hydrogen-bond acceptors (Lipinski definition) is 4. The number of benzene rings is 1. The number of hydrogen-bond donors (Lipinski definition) is 2. The second-order valence-corrected chi connectivity index (χ2v) is 3.36. The Hall–Kier alpha value is -2.21. The Labute approximate surface area is 97.0 Å². The Morgan fingerprint density at radius 2 is 2.18 bits per heavy atom. The summed E-state index contributed by atoms with van der Waals surface area (Å²) < 4.78 is 0. The number of nitro benzene ring substituents is 1. The van der Waals surface area contributed by atoms with Crippen molar-refractivity contribution >= 4 is 17.7 Å². The Morgan fingerprint density at radius 1 is 1.53 bits per heavy atom. The van der Waals surface area contributed by atoms with E-state index >= 15 is 0 Å². The predicted molar refractivity (Wildman–Crippen MR) is 60.9 cm³/mol. The summed E-state index contributed by atoms with van der Waals surface area (Å²) in [5, 5.41) is 28.3. The standard InChI is InChI=1S/C11H11NO5/c1-7-9(11(14)15)5-8(3-2-4-13)6-10(7)12(16)17/h2-3,5-6,13H,4H2,1H3,(H,14,15). The molecular weight excluding hydrogens is 226 g/mol. The van der Waals surface area contributed by atoms with E-state index in [1.165, 1.54) is 31.2 Å². The molecule has 0 aliphatic rings. The molecule has 0 heterocycles. The van der Waals surface area contributed by atoms with E-state index < -0.39 is 10.9 Å². The van der Waals surface area contributed by atoms with Crippen molar-refractivity contribution in [1.29, 1.82) is 0 Å². The number of nitro groups is 1. The lowest BCUT2D eigenvalue weighted by Crippen LogP contribution is -2.03. The van der Waals surface area contributed by atoms with Crippen LogP contribution in [-0.2, 0) is 0 Å².